The summed E-state index contributed by atoms with van der Waals surface area (Å²) in [5.41, 5.74) is 1.56. The molecule has 0 spiro atoms. The van der Waals surface area contributed by atoms with Crippen LogP contribution >= 0.6 is 0 Å². The van der Waals surface area contributed by atoms with E-state index in [9.17, 15) is 9.59 Å². The zero-order valence-electron chi connectivity index (χ0n) is 15.1. The zero-order chi connectivity index (χ0) is 17.5. The van der Waals surface area contributed by atoms with Gasteiger partial charge >= 0.3 is 0 Å². The van der Waals surface area contributed by atoms with E-state index < -0.39 is 6.04 Å². The van der Waals surface area contributed by atoms with Gasteiger partial charge in [-0.05, 0) is 43.7 Å². The van der Waals surface area contributed by atoms with Crippen LogP contribution in [0, 0.1) is 12.8 Å². The summed E-state index contributed by atoms with van der Waals surface area (Å²) in [6.07, 6.45) is 6.35. The van der Waals surface area contributed by atoms with Gasteiger partial charge in [-0.25, -0.2) is 0 Å². The van der Waals surface area contributed by atoms with Gasteiger partial charge in [-0.3, -0.25) is 9.59 Å². The minimum atomic E-state index is -0.473. The first-order valence-electron chi connectivity index (χ1n) is 9.14. The number of carbonyl (C=O) groups excluding carboxylic acids is 2. The van der Waals surface area contributed by atoms with Crippen LogP contribution in [0.4, 0.5) is 0 Å². The second kappa shape index (κ2) is 8.86. The highest BCUT2D eigenvalue weighted by molar-refractivity contribution is 5.98. The van der Waals surface area contributed by atoms with Crippen LogP contribution in [-0.4, -0.2) is 23.9 Å². The van der Waals surface area contributed by atoms with E-state index in [0.717, 1.165) is 18.4 Å². The quantitative estimate of drug-likeness (QED) is 0.837. The Hall–Kier alpha value is -1.84. The molecule has 2 amide bonds. The highest BCUT2D eigenvalue weighted by atomic mass is 16.2. The summed E-state index contributed by atoms with van der Waals surface area (Å²) in [6.45, 7) is 6.05. The number of rotatable bonds is 6. The van der Waals surface area contributed by atoms with Gasteiger partial charge in [-0.1, -0.05) is 51.3 Å². The first kappa shape index (κ1) is 18.5. The largest absolute Gasteiger partial charge is 0.352 e. The molecule has 1 aliphatic carbocycles. The van der Waals surface area contributed by atoms with Gasteiger partial charge in [-0.15, -0.1) is 0 Å². The fraction of sp³-hybridized carbons (Fsp3) is 0.600. The molecule has 24 heavy (non-hydrogen) atoms. The maximum absolute atomic E-state index is 12.7. The van der Waals surface area contributed by atoms with Crippen LogP contribution in [0.1, 0.15) is 68.3 Å². The molecule has 0 saturated heterocycles. The molecule has 2 N–H and O–H groups in total. The molecule has 0 aromatic heterocycles. The summed E-state index contributed by atoms with van der Waals surface area (Å²) >= 11 is 0. The molecule has 1 aromatic rings. The van der Waals surface area contributed by atoms with Crippen molar-refractivity contribution in [1.82, 2.24) is 10.6 Å². The molecule has 1 aliphatic rings. The lowest BCUT2D eigenvalue weighted by Crippen LogP contribution is -2.50. The van der Waals surface area contributed by atoms with Crippen molar-refractivity contribution in [3.63, 3.8) is 0 Å². The SMILES string of the molecule is Cc1ccccc1C(=O)NC(CC(C)C)C(=O)NC1CCCCC1. The van der Waals surface area contributed by atoms with Crippen LogP contribution in [0.25, 0.3) is 0 Å². The topological polar surface area (TPSA) is 58.2 Å². The van der Waals surface area contributed by atoms with E-state index in [-0.39, 0.29) is 17.9 Å². The Labute approximate surface area is 145 Å². The van der Waals surface area contributed by atoms with Crippen molar-refractivity contribution in [2.24, 2.45) is 5.92 Å². The second-order valence-corrected chi connectivity index (χ2v) is 7.31. The van der Waals surface area contributed by atoms with Crippen molar-refractivity contribution >= 4 is 11.8 Å². The van der Waals surface area contributed by atoms with E-state index in [4.69, 9.17) is 0 Å². The van der Waals surface area contributed by atoms with Gasteiger partial charge in [0, 0.05) is 11.6 Å². The van der Waals surface area contributed by atoms with Crippen LogP contribution in [0.3, 0.4) is 0 Å². The fourth-order valence-corrected chi connectivity index (χ4v) is 3.32. The Bertz CT molecular complexity index is 563. The third-order valence-electron chi connectivity index (χ3n) is 4.67. The van der Waals surface area contributed by atoms with Crippen molar-refractivity contribution in [3.05, 3.63) is 35.4 Å². The summed E-state index contributed by atoms with van der Waals surface area (Å²) in [6, 6.07) is 7.26. The molecule has 132 valence electrons. The standard InChI is InChI=1S/C20H30N2O2/c1-14(2)13-18(20(24)21-16-10-5-4-6-11-16)22-19(23)17-12-8-7-9-15(17)3/h7-9,12,14,16,18H,4-6,10-11,13H2,1-3H3,(H,21,24)(H,22,23). The molecule has 0 heterocycles. The van der Waals surface area contributed by atoms with Crippen LogP contribution in [-0.2, 0) is 4.79 Å². The van der Waals surface area contributed by atoms with Gasteiger partial charge in [0.2, 0.25) is 5.91 Å². The molecule has 1 saturated carbocycles. The van der Waals surface area contributed by atoms with Crippen molar-refractivity contribution in [2.75, 3.05) is 0 Å². The monoisotopic (exact) mass is 330 g/mol. The molecule has 0 bridgehead atoms. The van der Waals surface area contributed by atoms with Gasteiger partial charge in [0.25, 0.3) is 5.91 Å². The van der Waals surface area contributed by atoms with E-state index in [1.165, 1.54) is 19.3 Å². The summed E-state index contributed by atoms with van der Waals surface area (Å²) in [5.74, 6) is 0.124. The molecule has 1 atom stereocenters. The molecule has 4 heteroatoms. The lowest BCUT2D eigenvalue weighted by molar-refractivity contribution is -0.124. The van der Waals surface area contributed by atoms with Crippen molar-refractivity contribution < 1.29 is 9.59 Å². The maximum Gasteiger partial charge on any atom is 0.252 e. The van der Waals surface area contributed by atoms with Crippen LogP contribution in [0.15, 0.2) is 24.3 Å². The van der Waals surface area contributed by atoms with Crippen LogP contribution in [0.5, 0.6) is 0 Å². The van der Waals surface area contributed by atoms with Gasteiger partial charge in [-0.2, -0.15) is 0 Å². The number of hydrogen-bond donors (Lipinski definition) is 2. The van der Waals surface area contributed by atoms with Gasteiger partial charge in [0.15, 0.2) is 0 Å². The highest BCUT2D eigenvalue weighted by Crippen LogP contribution is 2.18. The van der Waals surface area contributed by atoms with Crippen LogP contribution < -0.4 is 10.6 Å². The Morgan fingerprint density at radius 2 is 1.79 bits per heavy atom. The molecule has 4 nitrogen and oxygen atoms in total. The number of nitrogens with one attached hydrogen (secondary N) is 2. The van der Waals surface area contributed by atoms with E-state index in [0.29, 0.717) is 17.9 Å². The average Bonchev–Trinajstić information content (AvgIpc) is 2.55. The summed E-state index contributed by atoms with van der Waals surface area (Å²) in [7, 11) is 0. The molecule has 1 fully saturated rings. The third-order valence-corrected chi connectivity index (χ3v) is 4.67. The summed E-state index contributed by atoms with van der Waals surface area (Å²) in [5, 5.41) is 6.09. The summed E-state index contributed by atoms with van der Waals surface area (Å²) < 4.78 is 0. The Morgan fingerprint density at radius 3 is 2.42 bits per heavy atom. The average molecular weight is 330 g/mol. The minimum Gasteiger partial charge on any atom is -0.352 e. The van der Waals surface area contributed by atoms with E-state index >= 15 is 0 Å². The smallest absolute Gasteiger partial charge is 0.252 e. The minimum absolute atomic E-state index is 0.0439. The van der Waals surface area contributed by atoms with Crippen molar-refractivity contribution in [3.8, 4) is 0 Å². The zero-order valence-corrected chi connectivity index (χ0v) is 15.1. The Kier molecular flexibility index (Phi) is 6.83. The van der Waals surface area contributed by atoms with Crippen molar-refractivity contribution in [2.45, 2.75) is 71.4 Å². The third kappa shape index (κ3) is 5.36. The number of hydrogen-bond acceptors (Lipinski definition) is 2. The number of carbonyl (C=O) groups is 2. The Balaban J connectivity index is 2.02. The number of aryl methyl sites for hydroxylation is 1. The molecular formula is C20H30N2O2. The lowest BCUT2D eigenvalue weighted by atomic mass is 9.94. The predicted molar refractivity (Wildman–Crippen MR) is 96.9 cm³/mol. The van der Waals surface area contributed by atoms with Gasteiger partial charge in [0.05, 0.1) is 0 Å². The Morgan fingerprint density at radius 1 is 1.12 bits per heavy atom. The van der Waals surface area contributed by atoms with E-state index in [1.807, 2.05) is 25.1 Å². The summed E-state index contributed by atoms with van der Waals surface area (Å²) in [4.78, 5) is 25.2. The molecule has 1 unspecified atom stereocenters. The molecular weight excluding hydrogens is 300 g/mol. The molecule has 0 radical (unpaired) electrons. The number of amides is 2. The highest BCUT2D eigenvalue weighted by Gasteiger charge is 2.25. The molecule has 2 rings (SSSR count). The van der Waals surface area contributed by atoms with Gasteiger partial charge < -0.3 is 10.6 Å². The fourth-order valence-electron chi connectivity index (χ4n) is 3.32. The molecule has 0 aliphatic heterocycles. The van der Waals surface area contributed by atoms with Crippen molar-refractivity contribution in [1.29, 1.82) is 0 Å². The van der Waals surface area contributed by atoms with Crippen LogP contribution in [0.2, 0.25) is 0 Å². The number of benzene rings is 1. The second-order valence-electron chi connectivity index (χ2n) is 7.31. The first-order valence-corrected chi connectivity index (χ1v) is 9.14. The lowest BCUT2D eigenvalue weighted by Gasteiger charge is -2.27. The van der Waals surface area contributed by atoms with Gasteiger partial charge in [0.1, 0.15) is 6.04 Å². The van der Waals surface area contributed by atoms with E-state index in [1.54, 1.807) is 6.07 Å². The van der Waals surface area contributed by atoms with E-state index in [2.05, 4.69) is 24.5 Å². The first-order chi connectivity index (χ1) is 11.5. The predicted octanol–water partition coefficient (Wildman–Crippen LogP) is 3.59. The maximum atomic E-state index is 12.7. The molecule has 1 aromatic carbocycles. The normalized spacial score (nSPS) is 16.7.